The van der Waals surface area contributed by atoms with Gasteiger partial charge in [-0.05, 0) is 69.1 Å². The number of Topliss-reactive ketones (excluding diaryl/α,β-unsaturated/α-hetero) is 2. The van der Waals surface area contributed by atoms with Crippen molar-refractivity contribution < 1.29 is 39.2 Å². The summed E-state index contributed by atoms with van der Waals surface area (Å²) < 4.78 is 5.98. The van der Waals surface area contributed by atoms with Gasteiger partial charge in [-0.3, -0.25) is 14.4 Å². The molecule has 4 rings (SSSR count). The van der Waals surface area contributed by atoms with E-state index >= 15 is 0 Å². The van der Waals surface area contributed by atoms with E-state index in [1.165, 1.54) is 6.07 Å². The second-order valence-electron chi connectivity index (χ2n) is 9.76. The van der Waals surface area contributed by atoms with Gasteiger partial charge in [-0.15, -0.1) is 0 Å². The second-order valence-corrected chi connectivity index (χ2v) is 9.76. The average Bonchev–Trinajstić information content (AvgIpc) is 3.24. The highest BCUT2D eigenvalue weighted by molar-refractivity contribution is 6.15. The van der Waals surface area contributed by atoms with E-state index in [4.69, 9.17) is 10.2 Å². The number of aromatic hydroxyl groups is 1. The molecule has 1 heterocycles. The zero-order valence-corrected chi connectivity index (χ0v) is 20.2. The molecule has 6 N–H and O–H groups in total. The molecule has 0 fully saturated rings. The van der Waals surface area contributed by atoms with E-state index in [0.29, 0.717) is 23.4 Å². The van der Waals surface area contributed by atoms with Crippen LogP contribution in [0.4, 0.5) is 0 Å². The Kier molecular flexibility index (Phi) is 6.78. The number of aliphatic hydroxyl groups excluding tert-OH is 2. The van der Waals surface area contributed by atoms with Crippen LogP contribution in [0.15, 0.2) is 40.0 Å². The van der Waals surface area contributed by atoms with Crippen molar-refractivity contribution in [2.75, 3.05) is 20.7 Å². The lowest BCUT2D eigenvalue weighted by atomic mass is 9.62. The fourth-order valence-corrected chi connectivity index (χ4v) is 5.47. The summed E-state index contributed by atoms with van der Waals surface area (Å²) >= 11 is 0. The number of amides is 1. The number of hydrogen-bond donors (Lipinski definition) is 5. The highest BCUT2D eigenvalue weighted by Crippen LogP contribution is 2.50. The molecule has 10 heteroatoms. The summed E-state index contributed by atoms with van der Waals surface area (Å²) in [4.78, 5) is 39.8. The number of rotatable bonds is 8. The van der Waals surface area contributed by atoms with E-state index in [1.54, 1.807) is 12.1 Å². The average molecular weight is 499 g/mol. The minimum absolute atomic E-state index is 0.0406. The van der Waals surface area contributed by atoms with E-state index in [-0.39, 0.29) is 42.8 Å². The number of benzene rings is 1. The van der Waals surface area contributed by atoms with Crippen LogP contribution in [0.3, 0.4) is 0 Å². The number of hydrogen-bond acceptors (Lipinski definition) is 9. The molecular formula is C26H30N2O8. The van der Waals surface area contributed by atoms with Crippen LogP contribution in [0, 0.1) is 11.8 Å². The molecule has 0 saturated carbocycles. The first-order valence-electron chi connectivity index (χ1n) is 11.7. The van der Waals surface area contributed by atoms with Crippen molar-refractivity contribution in [1.29, 1.82) is 0 Å². The zero-order chi connectivity index (χ0) is 26.4. The first-order chi connectivity index (χ1) is 17.0. The molecule has 0 aliphatic heterocycles. The van der Waals surface area contributed by atoms with E-state index in [2.05, 4.69) is 0 Å². The lowest BCUT2D eigenvalue weighted by molar-refractivity contribution is -0.147. The molecule has 36 heavy (non-hydrogen) atoms. The summed E-state index contributed by atoms with van der Waals surface area (Å²) in [6.07, 6.45) is -0.579. The number of furan rings is 1. The maximum Gasteiger partial charge on any atom is 0.225 e. The van der Waals surface area contributed by atoms with Crippen LogP contribution in [-0.4, -0.2) is 69.1 Å². The third kappa shape index (κ3) is 4.21. The van der Waals surface area contributed by atoms with E-state index in [9.17, 15) is 34.8 Å². The lowest BCUT2D eigenvalue weighted by Crippen LogP contribution is -2.54. The standard InChI is InChI=1S/C26H30N2O8/c1-28(2)12-15-3-6-19(36-15)16-4-5-18(30)23-17(16)10-13-9-14(7-8-29)26(35,20(31)11-21(27)32)25(34)22(13)24(23)33/h3-6,13-14,29-30,34-35H,7-12H2,1-2H3,(H2,27,32)/t13-,14-,26-/m1/s1. The normalized spacial score (nSPS) is 23.5. The van der Waals surface area contributed by atoms with Gasteiger partial charge in [0.1, 0.15) is 23.0 Å². The molecule has 2 aliphatic rings. The molecule has 1 aromatic heterocycles. The molecule has 0 unspecified atom stereocenters. The summed E-state index contributed by atoms with van der Waals surface area (Å²) in [6.45, 7) is 0.188. The van der Waals surface area contributed by atoms with Crippen molar-refractivity contribution in [3.63, 3.8) is 0 Å². The SMILES string of the molecule is CN(C)Cc1ccc(-c2ccc(O)c3c2C[C@H]2C[C@@H](CCO)[C@@](O)(C(=O)CC(N)=O)C(O)=C2C3=O)o1. The Bertz CT molecular complexity index is 1260. The summed E-state index contributed by atoms with van der Waals surface area (Å²) in [5.74, 6) is -4.22. The monoisotopic (exact) mass is 498 g/mol. The minimum Gasteiger partial charge on any atom is -0.508 e. The van der Waals surface area contributed by atoms with Gasteiger partial charge in [0, 0.05) is 23.7 Å². The van der Waals surface area contributed by atoms with Crippen LogP contribution in [-0.2, 0) is 22.6 Å². The topological polar surface area (TPSA) is 175 Å². The molecule has 2 aliphatic carbocycles. The van der Waals surface area contributed by atoms with Crippen LogP contribution in [0.25, 0.3) is 11.3 Å². The summed E-state index contributed by atoms with van der Waals surface area (Å²) in [6, 6.07) is 6.64. The van der Waals surface area contributed by atoms with Crippen molar-refractivity contribution in [1.82, 2.24) is 4.90 Å². The molecule has 192 valence electrons. The number of primary amides is 1. The number of phenols is 1. The Morgan fingerprint density at radius 1 is 1.19 bits per heavy atom. The van der Waals surface area contributed by atoms with Crippen LogP contribution in [0.1, 0.15) is 40.9 Å². The Morgan fingerprint density at radius 2 is 1.92 bits per heavy atom. The summed E-state index contributed by atoms with van der Waals surface area (Å²) in [5.41, 5.74) is 3.51. The maximum absolute atomic E-state index is 13.6. The van der Waals surface area contributed by atoms with Crippen LogP contribution >= 0.6 is 0 Å². The number of aliphatic hydroxyl groups is 3. The van der Waals surface area contributed by atoms with Crippen molar-refractivity contribution in [3.8, 4) is 17.1 Å². The molecule has 0 radical (unpaired) electrons. The fourth-order valence-electron chi connectivity index (χ4n) is 5.47. The zero-order valence-electron chi connectivity index (χ0n) is 20.2. The summed E-state index contributed by atoms with van der Waals surface area (Å²) in [7, 11) is 3.82. The van der Waals surface area contributed by atoms with Gasteiger partial charge in [0.2, 0.25) is 5.91 Å². The van der Waals surface area contributed by atoms with E-state index in [1.807, 2.05) is 25.1 Å². The third-order valence-corrected chi connectivity index (χ3v) is 7.03. The van der Waals surface area contributed by atoms with Gasteiger partial charge in [0.15, 0.2) is 17.2 Å². The Hall–Kier alpha value is -3.47. The van der Waals surface area contributed by atoms with Gasteiger partial charge in [-0.2, -0.15) is 0 Å². The van der Waals surface area contributed by atoms with Crippen molar-refractivity contribution in [3.05, 3.63) is 52.5 Å². The molecule has 2 aromatic rings. The number of nitrogens with two attached hydrogens (primary N) is 1. The van der Waals surface area contributed by atoms with Crippen LogP contribution in [0.5, 0.6) is 5.75 Å². The Morgan fingerprint density at radius 3 is 2.56 bits per heavy atom. The second kappa shape index (κ2) is 9.53. The molecular weight excluding hydrogens is 468 g/mol. The quantitative estimate of drug-likeness (QED) is 0.337. The lowest BCUT2D eigenvalue weighted by Gasteiger charge is -2.43. The van der Waals surface area contributed by atoms with E-state index < -0.39 is 47.1 Å². The number of fused-ring (bicyclic) bond motifs is 2. The first-order valence-corrected chi connectivity index (χ1v) is 11.7. The highest BCUT2D eigenvalue weighted by Gasteiger charge is 2.55. The van der Waals surface area contributed by atoms with Gasteiger partial charge < -0.3 is 35.5 Å². The fraction of sp³-hybridized carbons (Fsp3) is 0.423. The number of carbonyl (C=O) groups excluding carboxylic acids is 3. The molecule has 1 amide bonds. The third-order valence-electron chi connectivity index (χ3n) is 7.03. The van der Waals surface area contributed by atoms with Crippen molar-refractivity contribution >= 4 is 17.5 Å². The smallest absolute Gasteiger partial charge is 0.225 e. The van der Waals surface area contributed by atoms with Gasteiger partial charge in [0.05, 0.1) is 18.5 Å². The van der Waals surface area contributed by atoms with Gasteiger partial charge in [-0.25, -0.2) is 0 Å². The first kappa shape index (κ1) is 25.6. The number of carbonyl (C=O) groups is 3. The van der Waals surface area contributed by atoms with Gasteiger partial charge >= 0.3 is 0 Å². The van der Waals surface area contributed by atoms with Crippen LogP contribution < -0.4 is 5.73 Å². The predicted octanol–water partition coefficient (Wildman–Crippen LogP) is 1.46. The number of nitrogens with zero attached hydrogens (tertiary/aromatic N) is 1. The predicted molar refractivity (Wildman–Crippen MR) is 128 cm³/mol. The molecule has 0 bridgehead atoms. The van der Waals surface area contributed by atoms with E-state index in [0.717, 1.165) is 5.76 Å². The molecule has 1 aromatic carbocycles. The van der Waals surface area contributed by atoms with Gasteiger partial charge in [0.25, 0.3) is 0 Å². The largest absolute Gasteiger partial charge is 0.508 e. The number of ketones is 2. The number of phenolic OH excluding ortho intramolecular Hbond substituents is 1. The molecule has 3 atom stereocenters. The minimum atomic E-state index is -2.55. The van der Waals surface area contributed by atoms with Crippen molar-refractivity contribution in [2.45, 2.75) is 37.8 Å². The molecule has 0 saturated heterocycles. The maximum atomic E-state index is 13.6. The Labute approximate surface area is 207 Å². The van der Waals surface area contributed by atoms with Crippen LogP contribution in [0.2, 0.25) is 0 Å². The van der Waals surface area contributed by atoms with Gasteiger partial charge in [-0.1, -0.05) is 0 Å². The molecule has 0 spiro atoms. The molecule has 10 nitrogen and oxygen atoms in total. The summed E-state index contributed by atoms with van der Waals surface area (Å²) in [5, 5.41) is 42.6. The number of allylic oxidation sites excluding steroid dienone is 1. The van der Waals surface area contributed by atoms with Crippen molar-refractivity contribution in [2.24, 2.45) is 17.6 Å². The highest BCUT2D eigenvalue weighted by atomic mass is 16.3. The Balaban J connectivity index is 1.84.